The molecular weight excluding hydrogens is 220 g/mol. The zero-order valence-corrected chi connectivity index (χ0v) is 11.1. The second kappa shape index (κ2) is 6.31. The molecule has 0 atom stereocenters. The molecule has 0 unspecified atom stereocenters. The summed E-state index contributed by atoms with van der Waals surface area (Å²) in [7, 11) is 0. The van der Waals surface area contributed by atoms with Gasteiger partial charge in [0.05, 0.1) is 0 Å². The first kappa shape index (κ1) is 12.8. The Balaban J connectivity index is 2.16. The number of aromatic nitrogens is 1. The van der Waals surface area contributed by atoms with Gasteiger partial charge in [0.15, 0.2) is 0 Å². The van der Waals surface area contributed by atoms with Crippen molar-refractivity contribution in [2.75, 3.05) is 6.54 Å². The van der Waals surface area contributed by atoms with E-state index in [0.717, 1.165) is 18.8 Å². The van der Waals surface area contributed by atoms with Crippen LogP contribution in [-0.4, -0.2) is 11.5 Å². The van der Waals surface area contributed by atoms with Gasteiger partial charge in [0.25, 0.3) is 0 Å². The molecule has 0 saturated heterocycles. The van der Waals surface area contributed by atoms with Crippen molar-refractivity contribution in [3.05, 3.63) is 53.9 Å². The van der Waals surface area contributed by atoms with E-state index < -0.39 is 0 Å². The molecule has 2 heteroatoms. The summed E-state index contributed by atoms with van der Waals surface area (Å²) in [6.45, 7) is 6.21. The first-order valence-electron chi connectivity index (χ1n) is 6.52. The van der Waals surface area contributed by atoms with Gasteiger partial charge in [-0.3, -0.25) is 4.98 Å². The first-order chi connectivity index (χ1) is 8.79. The van der Waals surface area contributed by atoms with Crippen LogP contribution in [0.2, 0.25) is 0 Å². The number of rotatable bonds is 5. The molecular formula is C16H20N2. The van der Waals surface area contributed by atoms with Crippen molar-refractivity contribution in [3.63, 3.8) is 0 Å². The summed E-state index contributed by atoms with van der Waals surface area (Å²) in [5.41, 5.74) is 4.88. The molecule has 0 aliphatic carbocycles. The number of hydrogen-bond acceptors (Lipinski definition) is 2. The number of hydrogen-bond donors (Lipinski definition) is 1. The lowest BCUT2D eigenvalue weighted by atomic mass is 10.0. The number of nitrogens with one attached hydrogen (secondary N) is 1. The van der Waals surface area contributed by atoms with E-state index in [-0.39, 0.29) is 0 Å². The molecule has 0 amide bonds. The van der Waals surface area contributed by atoms with Crippen LogP contribution < -0.4 is 5.32 Å². The van der Waals surface area contributed by atoms with Crippen molar-refractivity contribution in [1.82, 2.24) is 10.3 Å². The largest absolute Gasteiger partial charge is 0.313 e. The first-order valence-corrected chi connectivity index (χ1v) is 6.52. The molecule has 18 heavy (non-hydrogen) atoms. The minimum absolute atomic E-state index is 0.936. The summed E-state index contributed by atoms with van der Waals surface area (Å²) >= 11 is 0. The van der Waals surface area contributed by atoms with Gasteiger partial charge >= 0.3 is 0 Å². The summed E-state index contributed by atoms with van der Waals surface area (Å²) in [5, 5.41) is 3.43. The van der Waals surface area contributed by atoms with E-state index in [1.165, 1.54) is 23.1 Å². The maximum Gasteiger partial charge on any atom is 0.0378 e. The molecule has 94 valence electrons. The van der Waals surface area contributed by atoms with Crippen LogP contribution in [0.5, 0.6) is 0 Å². The molecule has 0 saturated carbocycles. The smallest absolute Gasteiger partial charge is 0.0378 e. The summed E-state index contributed by atoms with van der Waals surface area (Å²) in [4.78, 5) is 4.24. The molecule has 2 aromatic rings. The van der Waals surface area contributed by atoms with Gasteiger partial charge < -0.3 is 5.32 Å². The molecule has 1 aromatic carbocycles. The fourth-order valence-electron chi connectivity index (χ4n) is 2.00. The molecule has 0 bridgehead atoms. The highest BCUT2D eigenvalue weighted by molar-refractivity contribution is 5.64. The maximum absolute atomic E-state index is 4.24. The number of aryl methyl sites for hydroxylation is 1. The van der Waals surface area contributed by atoms with Crippen molar-refractivity contribution in [2.45, 2.75) is 26.8 Å². The Bertz CT molecular complexity index is 506. The van der Waals surface area contributed by atoms with Crippen molar-refractivity contribution in [2.24, 2.45) is 0 Å². The predicted molar refractivity (Wildman–Crippen MR) is 76.4 cm³/mol. The van der Waals surface area contributed by atoms with Crippen LogP contribution in [0.25, 0.3) is 11.1 Å². The molecule has 2 rings (SSSR count). The molecule has 0 spiro atoms. The average Bonchev–Trinajstić information content (AvgIpc) is 2.39. The third-order valence-corrected chi connectivity index (χ3v) is 2.91. The van der Waals surface area contributed by atoms with Crippen LogP contribution in [0.3, 0.4) is 0 Å². The van der Waals surface area contributed by atoms with E-state index in [1.54, 1.807) is 0 Å². The third kappa shape index (κ3) is 3.41. The Kier molecular flexibility index (Phi) is 4.48. The molecule has 1 heterocycles. The summed E-state index contributed by atoms with van der Waals surface area (Å²) in [5.74, 6) is 0. The van der Waals surface area contributed by atoms with Crippen LogP contribution in [0.4, 0.5) is 0 Å². The van der Waals surface area contributed by atoms with E-state index in [4.69, 9.17) is 0 Å². The lowest BCUT2D eigenvalue weighted by Gasteiger charge is -2.07. The zero-order chi connectivity index (χ0) is 12.8. The summed E-state index contributed by atoms with van der Waals surface area (Å²) in [6.07, 6.45) is 3.04. The van der Waals surface area contributed by atoms with Crippen molar-refractivity contribution >= 4 is 0 Å². The van der Waals surface area contributed by atoms with E-state index in [2.05, 4.69) is 53.6 Å². The maximum atomic E-state index is 4.24. The molecule has 0 radical (unpaired) electrons. The second-order valence-corrected chi connectivity index (χ2v) is 4.56. The van der Waals surface area contributed by atoms with Crippen LogP contribution >= 0.6 is 0 Å². The lowest BCUT2D eigenvalue weighted by Crippen LogP contribution is -2.13. The van der Waals surface area contributed by atoms with Gasteiger partial charge in [-0.25, -0.2) is 0 Å². The minimum Gasteiger partial charge on any atom is -0.313 e. The van der Waals surface area contributed by atoms with Crippen molar-refractivity contribution < 1.29 is 0 Å². The van der Waals surface area contributed by atoms with E-state index in [0.29, 0.717) is 0 Å². The average molecular weight is 240 g/mol. The zero-order valence-electron chi connectivity index (χ0n) is 11.1. The standard InChI is InChI=1S/C16H20N2/c1-3-8-17-12-14-5-4-6-15(11-14)16-7-9-18-13(2)10-16/h4-7,9-11,17H,3,8,12H2,1-2H3. The van der Waals surface area contributed by atoms with Crippen molar-refractivity contribution in [1.29, 1.82) is 0 Å². The van der Waals surface area contributed by atoms with Gasteiger partial charge in [-0.1, -0.05) is 25.1 Å². The highest BCUT2D eigenvalue weighted by Gasteiger charge is 2.00. The van der Waals surface area contributed by atoms with Crippen LogP contribution in [0.15, 0.2) is 42.6 Å². The predicted octanol–water partition coefficient (Wildman–Crippen LogP) is 3.56. The second-order valence-electron chi connectivity index (χ2n) is 4.56. The molecule has 0 aliphatic heterocycles. The fraction of sp³-hybridized carbons (Fsp3) is 0.312. The Morgan fingerprint density at radius 1 is 1.11 bits per heavy atom. The number of benzene rings is 1. The van der Waals surface area contributed by atoms with E-state index in [9.17, 15) is 0 Å². The quantitative estimate of drug-likeness (QED) is 0.808. The van der Waals surface area contributed by atoms with E-state index >= 15 is 0 Å². The Hall–Kier alpha value is -1.67. The Morgan fingerprint density at radius 3 is 2.72 bits per heavy atom. The van der Waals surface area contributed by atoms with Crippen LogP contribution in [0, 0.1) is 6.92 Å². The van der Waals surface area contributed by atoms with Gasteiger partial charge in [-0.2, -0.15) is 0 Å². The number of nitrogens with zero attached hydrogens (tertiary/aromatic N) is 1. The highest BCUT2D eigenvalue weighted by atomic mass is 14.8. The lowest BCUT2D eigenvalue weighted by molar-refractivity contribution is 0.675. The normalized spacial score (nSPS) is 10.6. The van der Waals surface area contributed by atoms with Crippen LogP contribution in [0.1, 0.15) is 24.6 Å². The van der Waals surface area contributed by atoms with Gasteiger partial charge in [-0.05, 0) is 54.8 Å². The van der Waals surface area contributed by atoms with Gasteiger partial charge in [-0.15, -0.1) is 0 Å². The number of pyridine rings is 1. The van der Waals surface area contributed by atoms with Gasteiger partial charge in [0.2, 0.25) is 0 Å². The molecule has 1 aromatic heterocycles. The minimum atomic E-state index is 0.936. The van der Waals surface area contributed by atoms with Gasteiger partial charge in [0.1, 0.15) is 0 Å². The highest BCUT2D eigenvalue weighted by Crippen LogP contribution is 2.20. The Labute approximate surface area is 109 Å². The third-order valence-electron chi connectivity index (χ3n) is 2.91. The fourth-order valence-corrected chi connectivity index (χ4v) is 2.00. The monoisotopic (exact) mass is 240 g/mol. The topological polar surface area (TPSA) is 24.9 Å². The summed E-state index contributed by atoms with van der Waals surface area (Å²) < 4.78 is 0. The molecule has 1 N–H and O–H groups in total. The summed E-state index contributed by atoms with van der Waals surface area (Å²) in [6, 6.07) is 12.9. The molecule has 0 aliphatic rings. The van der Waals surface area contributed by atoms with E-state index in [1.807, 2.05) is 13.1 Å². The molecule has 0 fully saturated rings. The Morgan fingerprint density at radius 2 is 1.94 bits per heavy atom. The molecule has 2 nitrogen and oxygen atoms in total. The van der Waals surface area contributed by atoms with Gasteiger partial charge in [0, 0.05) is 18.4 Å². The SMILES string of the molecule is CCCNCc1cccc(-c2ccnc(C)c2)c1. The van der Waals surface area contributed by atoms with Crippen LogP contribution in [-0.2, 0) is 6.54 Å². The van der Waals surface area contributed by atoms with Crippen molar-refractivity contribution in [3.8, 4) is 11.1 Å².